The van der Waals surface area contributed by atoms with Crippen molar-refractivity contribution in [3.63, 3.8) is 0 Å². The van der Waals surface area contributed by atoms with Gasteiger partial charge in [0.1, 0.15) is 5.60 Å². The third kappa shape index (κ3) is 5.05. The van der Waals surface area contributed by atoms with Crippen LogP contribution in [0.3, 0.4) is 0 Å². The van der Waals surface area contributed by atoms with Crippen LogP contribution in [-0.2, 0) is 9.47 Å². The molecule has 7 nitrogen and oxygen atoms in total. The fraction of sp³-hybridized carbons (Fsp3) is 0.579. The van der Waals surface area contributed by atoms with Crippen LogP contribution in [0, 0.1) is 0 Å². The van der Waals surface area contributed by atoms with Gasteiger partial charge >= 0.3 is 12.1 Å². The highest BCUT2D eigenvalue weighted by Gasteiger charge is 2.33. The van der Waals surface area contributed by atoms with E-state index in [0.717, 1.165) is 11.1 Å². The molecule has 148 valence electrons. The molecular formula is C19H26ClN3O4. The molecule has 2 N–H and O–H groups in total. The lowest BCUT2D eigenvalue weighted by atomic mass is 9.93. The lowest BCUT2D eigenvalue weighted by Gasteiger charge is -2.37. The normalized spacial score (nSPS) is 21.4. The molecular weight excluding hydrogens is 370 g/mol. The number of carbonyl (C=O) groups excluding carboxylic acids is 2. The molecule has 3 amide bonds. The molecule has 0 spiro atoms. The van der Waals surface area contributed by atoms with Crippen LogP contribution < -0.4 is 10.6 Å². The third-order valence-corrected chi connectivity index (χ3v) is 4.79. The maximum absolute atomic E-state index is 12.7. The predicted octanol–water partition coefficient (Wildman–Crippen LogP) is 3.04. The number of ether oxygens (including phenoxy) is 2. The standard InChI is InChI=1S/C19H26ClN3O4/c1-19(2,3)27-18(25)23-4-5-26-11-16(23)13-6-12(7-15(20)8-13)14-9-21-17(24)22-10-14/h6-8,14,16H,4-5,9-11H2,1-3H3,(H2,21,22,24)/t16-/m0/s1. The number of carbonyl (C=O) groups is 2. The number of hydrogen-bond donors (Lipinski definition) is 2. The van der Waals surface area contributed by atoms with Crippen molar-refractivity contribution in [2.24, 2.45) is 0 Å². The number of nitrogens with zero attached hydrogens (tertiary/aromatic N) is 1. The topological polar surface area (TPSA) is 79.9 Å². The molecule has 0 aliphatic carbocycles. The summed E-state index contributed by atoms with van der Waals surface area (Å²) in [6.45, 7) is 7.96. The van der Waals surface area contributed by atoms with E-state index < -0.39 is 5.60 Å². The highest BCUT2D eigenvalue weighted by atomic mass is 35.5. The van der Waals surface area contributed by atoms with Crippen molar-refractivity contribution in [3.8, 4) is 0 Å². The molecule has 8 heteroatoms. The van der Waals surface area contributed by atoms with Gasteiger partial charge in [-0.3, -0.25) is 4.90 Å². The number of benzene rings is 1. The number of rotatable bonds is 2. The molecule has 2 saturated heterocycles. The van der Waals surface area contributed by atoms with Crippen LogP contribution in [0.5, 0.6) is 0 Å². The van der Waals surface area contributed by atoms with Crippen molar-refractivity contribution in [1.29, 1.82) is 0 Å². The van der Waals surface area contributed by atoms with Gasteiger partial charge in [-0.2, -0.15) is 0 Å². The Morgan fingerprint density at radius 2 is 1.89 bits per heavy atom. The maximum atomic E-state index is 12.7. The van der Waals surface area contributed by atoms with E-state index in [-0.39, 0.29) is 24.1 Å². The number of nitrogens with one attached hydrogen (secondary N) is 2. The van der Waals surface area contributed by atoms with E-state index in [1.807, 2.05) is 39.0 Å². The van der Waals surface area contributed by atoms with Gasteiger partial charge in [0.2, 0.25) is 0 Å². The summed E-state index contributed by atoms with van der Waals surface area (Å²) in [5.41, 5.74) is 1.35. The van der Waals surface area contributed by atoms with E-state index in [0.29, 0.717) is 37.9 Å². The lowest BCUT2D eigenvalue weighted by molar-refractivity contribution is -0.0331. The summed E-state index contributed by atoms with van der Waals surface area (Å²) < 4.78 is 11.2. The monoisotopic (exact) mass is 395 g/mol. The van der Waals surface area contributed by atoms with Crippen molar-refractivity contribution >= 4 is 23.7 Å². The molecule has 0 radical (unpaired) electrons. The number of halogens is 1. The van der Waals surface area contributed by atoms with E-state index in [4.69, 9.17) is 21.1 Å². The first-order valence-corrected chi connectivity index (χ1v) is 9.50. The van der Waals surface area contributed by atoms with Gasteiger partial charge in [-0.25, -0.2) is 9.59 Å². The van der Waals surface area contributed by atoms with Crippen LogP contribution in [0.2, 0.25) is 5.02 Å². The minimum atomic E-state index is -0.564. The quantitative estimate of drug-likeness (QED) is 0.806. The van der Waals surface area contributed by atoms with Crippen molar-refractivity contribution in [2.45, 2.75) is 38.3 Å². The zero-order valence-corrected chi connectivity index (χ0v) is 16.6. The molecule has 1 aromatic rings. The average molecular weight is 396 g/mol. The minimum Gasteiger partial charge on any atom is -0.444 e. The van der Waals surface area contributed by atoms with E-state index in [2.05, 4.69) is 10.6 Å². The zero-order chi connectivity index (χ0) is 19.6. The fourth-order valence-electron chi connectivity index (χ4n) is 3.29. The molecule has 1 atom stereocenters. The van der Waals surface area contributed by atoms with Crippen molar-refractivity contribution in [2.75, 3.05) is 32.8 Å². The van der Waals surface area contributed by atoms with Crippen LogP contribution in [0.1, 0.15) is 43.9 Å². The van der Waals surface area contributed by atoms with Gasteiger partial charge in [0.25, 0.3) is 0 Å². The van der Waals surface area contributed by atoms with Gasteiger partial charge in [-0.15, -0.1) is 0 Å². The van der Waals surface area contributed by atoms with Gasteiger partial charge in [0.15, 0.2) is 0 Å². The Morgan fingerprint density at radius 3 is 2.56 bits per heavy atom. The SMILES string of the molecule is CC(C)(C)OC(=O)N1CCOC[C@H]1c1cc(Cl)cc(C2CNC(=O)NC2)c1. The average Bonchev–Trinajstić information content (AvgIpc) is 2.60. The first-order valence-electron chi connectivity index (χ1n) is 9.12. The van der Waals surface area contributed by atoms with Crippen LogP contribution in [0.15, 0.2) is 18.2 Å². The van der Waals surface area contributed by atoms with Crippen LogP contribution >= 0.6 is 11.6 Å². The van der Waals surface area contributed by atoms with Gasteiger partial charge < -0.3 is 20.1 Å². The number of urea groups is 1. The molecule has 2 aliphatic rings. The second kappa shape index (κ2) is 7.94. The van der Waals surface area contributed by atoms with E-state index in [1.54, 1.807) is 4.90 Å². The molecule has 2 fully saturated rings. The summed E-state index contributed by atoms with van der Waals surface area (Å²) >= 11 is 6.37. The van der Waals surface area contributed by atoms with E-state index in [9.17, 15) is 9.59 Å². The zero-order valence-electron chi connectivity index (χ0n) is 15.9. The number of amides is 3. The molecule has 1 aromatic carbocycles. The smallest absolute Gasteiger partial charge is 0.410 e. The summed E-state index contributed by atoms with van der Waals surface area (Å²) in [5.74, 6) is 0.111. The fourth-order valence-corrected chi connectivity index (χ4v) is 3.54. The van der Waals surface area contributed by atoms with Crippen LogP contribution in [0.25, 0.3) is 0 Å². The molecule has 27 heavy (non-hydrogen) atoms. The van der Waals surface area contributed by atoms with Gasteiger partial charge in [0.05, 0.1) is 19.3 Å². The highest BCUT2D eigenvalue weighted by molar-refractivity contribution is 6.30. The Hall–Kier alpha value is -1.99. The van der Waals surface area contributed by atoms with Crippen molar-refractivity contribution in [3.05, 3.63) is 34.3 Å². The van der Waals surface area contributed by atoms with E-state index in [1.165, 1.54) is 0 Å². The van der Waals surface area contributed by atoms with Gasteiger partial charge in [-0.1, -0.05) is 17.7 Å². The molecule has 0 aromatic heterocycles. The largest absolute Gasteiger partial charge is 0.444 e. The minimum absolute atomic E-state index is 0.111. The third-order valence-electron chi connectivity index (χ3n) is 4.57. The van der Waals surface area contributed by atoms with Crippen LogP contribution in [0.4, 0.5) is 9.59 Å². The molecule has 0 unspecified atom stereocenters. The Balaban J connectivity index is 1.84. The predicted molar refractivity (Wildman–Crippen MR) is 102 cm³/mol. The summed E-state index contributed by atoms with van der Waals surface area (Å²) in [4.78, 5) is 25.7. The summed E-state index contributed by atoms with van der Waals surface area (Å²) in [6.07, 6.45) is -0.357. The second-order valence-electron chi connectivity index (χ2n) is 7.87. The first-order chi connectivity index (χ1) is 12.7. The second-order valence-corrected chi connectivity index (χ2v) is 8.31. The van der Waals surface area contributed by atoms with E-state index >= 15 is 0 Å². The van der Waals surface area contributed by atoms with Crippen molar-refractivity contribution < 1.29 is 19.1 Å². The van der Waals surface area contributed by atoms with Gasteiger partial charge in [-0.05, 0) is 44.0 Å². The summed E-state index contributed by atoms with van der Waals surface area (Å²) in [5, 5.41) is 6.19. The number of morpholine rings is 1. The van der Waals surface area contributed by atoms with Crippen molar-refractivity contribution in [1.82, 2.24) is 15.5 Å². The number of hydrogen-bond acceptors (Lipinski definition) is 4. The van der Waals surface area contributed by atoms with Gasteiger partial charge in [0, 0.05) is 30.6 Å². The Labute approximate surface area is 164 Å². The molecule has 2 heterocycles. The Kier molecular flexibility index (Phi) is 5.81. The lowest BCUT2D eigenvalue weighted by Crippen LogP contribution is -2.47. The summed E-state index contributed by atoms with van der Waals surface area (Å²) in [6, 6.07) is 5.36. The first kappa shape index (κ1) is 19.8. The molecule has 3 rings (SSSR count). The molecule has 2 aliphatic heterocycles. The maximum Gasteiger partial charge on any atom is 0.410 e. The van der Waals surface area contributed by atoms with Crippen LogP contribution in [-0.4, -0.2) is 55.5 Å². The molecule has 0 bridgehead atoms. The Bertz CT molecular complexity index is 709. The molecule has 0 saturated carbocycles. The highest BCUT2D eigenvalue weighted by Crippen LogP contribution is 2.31. The summed E-state index contributed by atoms with van der Waals surface area (Å²) in [7, 11) is 0. The Morgan fingerprint density at radius 1 is 1.22 bits per heavy atom.